The molecular formula is C15H26N2O3S. The van der Waals surface area contributed by atoms with E-state index in [0.29, 0.717) is 13.0 Å². The zero-order valence-electron chi connectivity index (χ0n) is 13.5. The molecule has 1 aromatic heterocycles. The molecule has 0 aliphatic carbocycles. The zero-order chi connectivity index (χ0) is 16.1. The van der Waals surface area contributed by atoms with Crippen molar-refractivity contribution in [2.45, 2.75) is 51.5 Å². The van der Waals surface area contributed by atoms with E-state index < -0.39 is 5.54 Å². The van der Waals surface area contributed by atoms with Crippen LogP contribution in [0, 0.1) is 0 Å². The van der Waals surface area contributed by atoms with Gasteiger partial charge in [0.05, 0.1) is 29.3 Å². The zero-order valence-corrected chi connectivity index (χ0v) is 14.3. The van der Waals surface area contributed by atoms with E-state index in [1.165, 1.54) is 0 Å². The van der Waals surface area contributed by atoms with Crippen molar-refractivity contribution >= 4 is 17.2 Å². The molecule has 21 heavy (non-hydrogen) atoms. The van der Waals surface area contributed by atoms with E-state index in [0.717, 1.165) is 10.7 Å². The largest absolute Gasteiger partial charge is 0.396 e. The van der Waals surface area contributed by atoms with Crippen LogP contribution in [0.3, 0.4) is 0 Å². The highest BCUT2D eigenvalue weighted by molar-refractivity contribution is 7.09. The van der Waals surface area contributed by atoms with Crippen molar-refractivity contribution < 1.29 is 14.6 Å². The Labute approximate surface area is 130 Å². The third-order valence-electron chi connectivity index (χ3n) is 3.10. The molecule has 120 valence electrons. The van der Waals surface area contributed by atoms with Crippen molar-refractivity contribution in [3.63, 3.8) is 0 Å². The summed E-state index contributed by atoms with van der Waals surface area (Å²) in [4.78, 5) is 16.7. The Bertz CT molecular complexity index is 460. The topological polar surface area (TPSA) is 71.5 Å². The number of hydrogen-bond donors (Lipinski definition) is 2. The molecule has 0 fully saturated rings. The molecule has 0 radical (unpaired) electrons. The lowest BCUT2D eigenvalue weighted by Gasteiger charge is -2.29. The maximum atomic E-state index is 12.2. The quantitative estimate of drug-likeness (QED) is 0.806. The third kappa shape index (κ3) is 5.73. The average Bonchev–Trinajstić information content (AvgIpc) is 2.76. The van der Waals surface area contributed by atoms with Crippen molar-refractivity contribution in [3.8, 4) is 0 Å². The van der Waals surface area contributed by atoms with Crippen LogP contribution in [-0.2, 0) is 21.4 Å². The molecule has 1 unspecified atom stereocenters. The lowest BCUT2D eigenvalue weighted by molar-refractivity contribution is -0.123. The van der Waals surface area contributed by atoms with Crippen LogP contribution in [0.25, 0.3) is 0 Å². The van der Waals surface area contributed by atoms with Crippen LogP contribution in [-0.4, -0.2) is 41.9 Å². The minimum atomic E-state index is -0.552. The number of rotatable bonds is 7. The smallest absolute Gasteiger partial charge is 0.226 e. The fraction of sp³-hybridized carbons (Fsp3) is 0.733. The summed E-state index contributed by atoms with van der Waals surface area (Å²) in [5.41, 5.74) is 0.232. The molecule has 2 N–H and O–H groups in total. The van der Waals surface area contributed by atoms with E-state index in [-0.39, 0.29) is 24.3 Å². The molecule has 0 saturated heterocycles. The molecule has 0 aliphatic heterocycles. The molecule has 6 heteroatoms. The molecule has 1 rings (SSSR count). The maximum absolute atomic E-state index is 12.2. The summed E-state index contributed by atoms with van der Waals surface area (Å²) in [6, 6.07) is 0. The monoisotopic (exact) mass is 314 g/mol. The van der Waals surface area contributed by atoms with Crippen LogP contribution < -0.4 is 5.32 Å². The van der Waals surface area contributed by atoms with Gasteiger partial charge < -0.3 is 15.2 Å². The number of nitrogens with zero attached hydrogens (tertiary/aromatic N) is 1. The first-order valence-corrected chi connectivity index (χ1v) is 7.94. The number of thiazole rings is 1. The van der Waals surface area contributed by atoms with Gasteiger partial charge in [0.2, 0.25) is 5.91 Å². The van der Waals surface area contributed by atoms with Crippen molar-refractivity contribution in [3.05, 3.63) is 16.1 Å². The molecule has 1 atom stereocenters. The van der Waals surface area contributed by atoms with Crippen molar-refractivity contribution in [2.24, 2.45) is 0 Å². The highest BCUT2D eigenvalue weighted by Gasteiger charge is 2.26. The molecule has 1 amide bonds. The van der Waals surface area contributed by atoms with E-state index in [9.17, 15) is 4.79 Å². The van der Waals surface area contributed by atoms with E-state index >= 15 is 0 Å². The maximum Gasteiger partial charge on any atom is 0.226 e. The van der Waals surface area contributed by atoms with Crippen LogP contribution >= 0.6 is 11.3 Å². The molecule has 0 aromatic carbocycles. The first kappa shape index (κ1) is 18.1. The lowest BCUT2D eigenvalue weighted by atomic mass is 9.98. The van der Waals surface area contributed by atoms with Crippen LogP contribution in [0.1, 0.15) is 44.8 Å². The number of carbonyl (C=O) groups excluding carboxylic acids is 1. The number of carbonyl (C=O) groups is 1. The number of aliphatic hydroxyl groups excluding tert-OH is 1. The van der Waals surface area contributed by atoms with Gasteiger partial charge in [-0.3, -0.25) is 4.79 Å². The van der Waals surface area contributed by atoms with Crippen molar-refractivity contribution in [1.29, 1.82) is 0 Å². The molecule has 1 aromatic rings. The van der Waals surface area contributed by atoms with E-state index in [1.54, 1.807) is 18.4 Å². The summed E-state index contributed by atoms with van der Waals surface area (Å²) in [6.07, 6.45) is 0.703. The first-order chi connectivity index (χ1) is 9.70. The number of nitrogens with one attached hydrogen (secondary N) is 1. The van der Waals surface area contributed by atoms with E-state index in [2.05, 4.69) is 31.1 Å². The van der Waals surface area contributed by atoms with E-state index in [4.69, 9.17) is 9.84 Å². The second-order valence-electron chi connectivity index (χ2n) is 6.59. The molecule has 0 aliphatic rings. The van der Waals surface area contributed by atoms with Crippen molar-refractivity contribution in [2.75, 3.05) is 20.3 Å². The van der Waals surface area contributed by atoms with Crippen LogP contribution in [0.5, 0.6) is 0 Å². The summed E-state index contributed by atoms with van der Waals surface area (Å²) < 4.78 is 5.12. The van der Waals surface area contributed by atoms with Gasteiger partial charge in [0.1, 0.15) is 0 Å². The summed E-state index contributed by atoms with van der Waals surface area (Å²) >= 11 is 1.58. The fourth-order valence-electron chi connectivity index (χ4n) is 2.01. The average molecular weight is 314 g/mol. The van der Waals surface area contributed by atoms with E-state index in [1.807, 2.05) is 12.3 Å². The molecule has 0 saturated carbocycles. The number of aliphatic hydroxyl groups is 1. The summed E-state index contributed by atoms with van der Waals surface area (Å²) in [5.74, 6) is -0.103. The highest BCUT2D eigenvalue weighted by atomic mass is 32.1. The molecule has 5 nitrogen and oxygen atoms in total. The van der Waals surface area contributed by atoms with Crippen LogP contribution in [0.4, 0.5) is 0 Å². The van der Waals surface area contributed by atoms with Crippen LogP contribution in [0.2, 0.25) is 0 Å². The predicted octanol–water partition coefficient (Wildman–Crippen LogP) is 1.89. The number of aromatic nitrogens is 1. The number of amides is 1. The Balaban J connectivity index is 2.66. The third-order valence-corrected chi connectivity index (χ3v) is 4.42. The Morgan fingerprint density at radius 1 is 1.43 bits per heavy atom. The standard InChI is InChI=1S/C15H26N2O3S/c1-14(2,3)13-16-11(9-21-13)8-12(19)17-15(4,6-7-18)10-20-5/h9,18H,6-8,10H2,1-5H3,(H,17,19). The van der Waals surface area contributed by atoms with Gasteiger partial charge in [-0.05, 0) is 13.3 Å². The SMILES string of the molecule is COCC(C)(CCO)NC(=O)Cc1csc(C(C)(C)C)n1. The Morgan fingerprint density at radius 2 is 2.10 bits per heavy atom. The van der Waals surface area contributed by atoms with Crippen molar-refractivity contribution in [1.82, 2.24) is 10.3 Å². The number of methoxy groups -OCH3 is 1. The first-order valence-electron chi connectivity index (χ1n) is 7.06. The van der Waals surface area contributed by atoms with Gasteiger partial charge >= 0.3 is 0 Å². The molecular weight excluding hydrogens is 288 g/mol. The normalized spacial score (nSPS) is 14.8. The Morgan fingerprint density at radius 3 is 2.57 bits per heavy atom. The summed E-state index contributed by atoms with van der Waals surface area (Å²) in [7, 11) is 1.58. The summed E-state index contributed by atoms with van der Waals surface area (Å²) in [5, 5.41) is 15.0. The predicted molar refractivity (Wildman–Crippen MR) is 84.6 cm³/mol. The molecule has 1 heterocycles. The second-order valence-corrected chi connectivity index (χ2v) is 7.44. The van der Waals surface area contributed by atoms with Gasteiger partial charge in [-0.15, -0.1) is 11.3 Å². The van der Waals surface area contributed by atoms with Gasteiger partial charge in [-0.25, -0.2) is 4.98 Å². The Kier molecular flexibility index (Phi) is 6.31. The number of ether oxygens (including phenoxy) is 1. The Hall–Kier alpha value is -0.980. The van der Waals surface area contributed by atoms with Gasteiger partial charge in [-0.2, -0.15) is 0 Å². The van der Waals surface area contributed by atoms with Gasteiger partial charge in [0, 0.05) is 24.5 Å². The van der Waals surface area contributed by atoms with Crippen LogP contribution in [0.15, 0.2) is 5.38 Å². The highest BCUT2D eigenvalue weighted by Crippen LogP contribution is 2.25. The summed E-state index contributed by atoms with van der Waals surface area (Å²) in [6.45, 7) is 8.55. The van der Waals surface area contributed by atoms with Gasteiger partial charge in [0.15, 0.2) is 0 Å². The molecule has 0 bridgehead atoms. The minimum absolute atomic E-state index is 0.000840. The molecule has 0 spiro atoms. The minimum Gasteiger partial charge on any atom is -0.396 e. The fourth-order valence-corrected chi connectivity index (χ4v) is 2.92. The van der Waals surface area contributed by atoms with Gasteiger partial charge in [0.25, 0.3) is 0 Å². The second kappa shape index (κ2) is 7.33. The number of hydrogen-bond acceptors (Lipinski definition) is 5. The van der Waals surface area contributed by atoms with Gasteiger partial charge in [-0.1, -0.05) is 20.8 Å². The lowest BCUT2D eigenvalue weighted by Crippen LogP contribution is -2.50.